The monoisotopic (exact) mass is 615 g/mol. The largest absolute Gasteiger partial charge is 0.495 e. The molecule has 3 N–H and O–H groups in total. The highest BCUT2D eigenvalue weighted by atomic mass is 35.5. The van der Waals surface area contributed by atoms with E-state index in [1.165, 1.54) is 20.3 Å². The lowest BCUT2D eigenvalue weighted by Gasteiger charge is -2.32. The Bertz CT molecular complexity index is 1420. The van der Waals surface area contributed by atoms with Crippen LogP contribution in [0.5, 0.6) is 11.5 Å². The first kappa shape index (κ1) is 30.2. The van der Waals surface area contributed by atoms with Gasteiger partial charge in [0.25, 0.3) is 0 Å². The number of anilines is 2. The van der Waals surface area contributed by atoms with Crippen molar-refractivity contribution in [1.29, 1.82) is 0 Å². The van der Waals surface area contributed by atoms with Crippen LogP contribution in [0.4, 0.5) is 11.6 Å². The molecule has 0 spiro atoms. The van der Waals surface area contributed by atoms with Crippen molar-refractivity contribution in [3.63, 3.8) is 0 Å². The zero-order valence-electron chi connectivity index (χ0n) is 23.7. The van der Waals surface area contributed by atoms with Crippen LogP contribution in [-0.2, 0) is 14.3 Å². The number of fused-ring (bicyclic) bond motifs is 1. The molecule has 1 amide bonds. The highest BCUT2D eigenvalue weighted by Crippen LogP contribution is 2.46. The minimum absolute atomic E-state index is 0.124. The molecule has 2 aromatic heterocycles. The zero-order valence-corrected chi connectivity index (χ0v) is 25.2. The highest BCUT2D eigenvalue weighted by Gasteiger charge is 2.27. The predicted molar refractivity (Wildman–Crippen MR) is 165 cm³/mol. The molecule has 0 bridgehead atoms. The van der Waals surface area contributed by atoms with Crippen molar-refractivity contribution in [1.82, 2.24) is 15.3 Å². The topological polar surface area (TPSA) is 116 Å². The molecule has 1 aromatic carbocycles. The molecule has 0 saturated carbocycles. The Hall–Kier alpha value is -3.31. The van der Waals surface area contributed by atoms with E-state index in [2.05, 4.69) is 27.5 Å². The van der Waals surface area contributed by atoms with E-state index in [4.69, 9.17) is 47.1 Å². The summed E-state index contributed by atoms with van der Waals surface area (Å²) in [7, 11) is 3.08. The van der Waals surface area contributed by atoms with Crippen molar-refractivity contribution < 1.29 is 23.7 Å². The molecule has 2 aliphatic heterocycles. The normalized spacial score (nSPS) is 19.2. The fourth-order valence-electron chi connectivity index (χ4n) is 5.27. The molecule has 2 atom stereocenters. The minimum atomic E-state index is -0.219. The summed E-state index contributed by atoms with van der Waals surface area (Å²) in [5.74, 6) is 2.40. The number of halogens is 2. The number of hydrogen-bond acceptors (Lipinski definition) is 9. The number of pyridine rings is 2. The standard InChI is InChI=1S/C30H35Cl2N5O5/c1-4-26(38)36-20-7-10-42-16-22(20)35-25-12-19-18(15-33-25)11-21(37-30(19)34-14-17-5-8-41-9-6-17)27-28(31)23(39-2)13-24(40-3)29(27)32/h4,11-13,15,17,20,22H,1,5-10,14,16H2,2-3H3,(H,33,35)(H,34,37)(H,36,38)/t20-,22+/m0/s1. The Labute approximate surface area is 255 Å². The minimum Gasteiger partial charge on any atom is -0.495 e. The van der Waals surface area contributed by atoms with Crippen LogP contribution >= 0.6 is 23.2 Å². The van der Waals surface area contributed by atoms with Crippen LogP contribution in [-0.4, -0.2) is 75.2 Å². The number of nitrogens with zero attached hydrogens (tertiary/aromatic N) is 2. The van der Waals surface area contributed by atoms with Crippen LogP contribution in [0.15, 0.2) is 37.1 Å². The summed E-state index contributed by atoms with van der Waals surface area (Å²) in [4.78, 5) is 21.7. The van der Waals surface area contributed by atoms with Gasteiger partial charge in [0.1, 0.15) is 23.1 Å². The van der Waals surface area contributed by atoms with Crippen LogP contribution in [0.25, 0.3) is 22.0 Å². The number of benzene rings is 1. The van der Waals surface area contributed by atoms with Gasteiger partial charge in [-0.2, -0.15) is 0 Å². The van der Waals surface area contributed by atoms with Gasteiger partial charge in [0.2, 0.25) is 5.91 Å². The fourth-order valence-corrected chi connectivity index (χ4v) is 5.97. The lowest BCUT2D eigenvalue weighted by molar-refractivity contribution is -0.117. The Balaban J connectivity index is 1.54. The highest BCUT2D eigenvalue weighted by molar-refractivity contribution is 6.41. The third-order valence-corrected chi connectivity index (χ3v) is 8.40. The lowest BCUT2D eigenvalue weighted by Crippen LogP contribution is -2.52. The van der Waals surface area contributed by atoms with Crippen molar-refractivity contribution in [2.24, 2.45) is 5.92 Å². The molecule has 2 saturated heterocycles. The number of methoxy groups -OCH3 is 2. The van der Waals surface area contributed by atoms with Gasteiger partial charge in [0.05, 0.1) is 48.6 Å². The van der Waals surface area contributed by atoms with Gasteiger partial charge in [0.15, 0.2) is 0 Å². The zero-order chi connectivity index (χ0) is 29.6. The third-order valence-electron chi connectivity index (χ3n) is 7.65. The predicted octanol–water partition coefficient (Wildman–Crippen LogP) is 5.33. The Morgan fingerprint density at radius 1 is 1.05 bits per heavy atom. The number of ether oxygens (including phenoxy) is 4. The van der Waals surface area contributed by atoms with Crippen molar-refractivity contribution in [3.05, 3.63) is 47.1 Å². The first-order chi connectivity index (χ1) is 20.4. The molecule has 4 heterocycles. The first-order valence-corrected chi connectivity index (χ1v) is 14.7. The maximum Gasteiger partial charge on any atom is 0.243 e. The van der Waals surface area contributed by atoms with E-state index >= 15 is 0 Å². The maximum atomic E-state index is 12.0. The summed E-state index contributed by atoms with van der Waals surface area (Å²) < 4.78 is 22.2. The molecule has 12 heteroatoms. The average Bonchev–Trinajstić information content (AvgIpc) is 3.01. The number of hydrogen-bond donors (Lipinski definition) is 3. The van der Waals surface area contributed by atoms with Gasteiger partial charge >= 0.3 is 0 Å². The number of carbonyl (C=O) groups is 1. The summed E-state index contributed by atoms with van der Waals surface area (Å²) in [5.41, 5.74) is 1.06. The van der Waals surface area contributed by atoms with E-state index in [1.807, 2.05) is 12.1 Å². The Morgan fingerprint density at radius 3 is 2.45 bits per heavy atom. The molecular formula is C30H35Cl2N5O5. The van der Waals surface area contributed by atoms with Crippen LogP contribution in [0.2, 0.25) is 10.0 Å². The molecule has 5 rings (SSSR count). The van der Waals surface area contributed by atoms with Crippen molar-refractivity contribution in [2.45, 2.75) is 31.3 Å². The molecule has 0 radical (unpaired) electrons. The quantitative estimate of drug-likeness (QED) is 0.260. The van der Waals surface area contributed by atoms with Crippen LogP contribution in [0, 0.1) is 5.92 Å². The second-order valence-electron chi connectivity index (χ2n) is 10.3. The number of nitrogens with one attached hydrogen (secondary N) is 3. The van der Waals surface area contributed by atoms with Gasteiger partial charge in [-0.25, -0.2) is 9.97 Å². The summed E-state index contributed by atoms with van der Waals surface area (Å²) in [6.45, 7) is 6.79. The van der Waals surface area contributed by atoms with Crippen LogP contribution in [0.3, 0.4) is 0 Å². The van der Waals surface area contributed by atoms with E-state index in [-0.39, 0.29) is 18.0 Å². The second kappa shape index (κ2) is 13.8. The number of rotatable bonds is 10. The Morgan fingerprint density at radius 2 is 1.76 bits per heavy atom. The molecule has 3 aromatic rings. The number of amides is 1. The van der Waals surface area contributed by atoms with E-state index in [0.717, 1.165) is 43.4 Å². The van der Waals surface area contributed by atoms with Crippen molar-refractivity contribution in [2.75, 3.05) is 57.8 Å². The van der Waals surface area contributed by atoms with Gasteiger partial charge in [0, 0.05) is 55.0 Å². The molecule has 0 unspecified atom stereocenters. The van der Waals surface area contributed by atoms with E-state index in [0.29, 0.717) is 70.0 Å². The number of carbonyl (C=O) groups excluding carboxylic acids is 1. The van der Waals surface area contributed by atoms with Crippen molar-refractivity contribution >= 4 is 51.5 Å². The first-order valence-electron chi connectivity index (χ1n) is 13.9. The molecule has 224 valence electrons. The van der Waals surface area contributed by atoms with Gasteiger partial charge in [-0.05, 0) is 43.4 Å². The molecule has 2 fully saturated rings. The summed E-state index contributed by atoms with van der Waals surface area (Å²) in [6.07, 6.45) is 5.69. The molecule has 0 aliphatic carbocycles. The molecule has 10 nitrogen and oxygen atoms in total. The van der Waals surface area contributed by atoms with Gasteiger partial charge in [-0.1, -0.05) is 29.8 Å². The Kier molecular flexibility index (Phi) is 9.89. The molecular weight excluding hydrogens is 581 g/mol. The van der Waals surface area contributed by atoms with Crippen molar-refractivity contribution in [3.8, 4) is 22.8 Å². The lowest BCUT2D eigenvalue weighted by atomic mass is 10.0. The fraction of sp³-hybridized carbons (Fsp3) is 0.433. The molecule has 2 aliphatic rings. The second-order valence-corrected chi connectivity index (χ2v) is 11.1. The SMILES string of the molecule is C=CC(=O)N[C@H]1CCOC[C@H]1Nc1cc2c(NCC3CCOCC3)nc(-c3c(Cl)c(OC)cc(OC)c3Cl)cc2cn1. The maximum absolute atomic E-state index is 12.0. The summed E-state index contributed by atoms with van der Waals surface area (Å²) in [5, 5.41) is 12.4. The van der Waals surface area contributed by atoms with E-state index in [9.17, 15) is 4.79 Å². The van der Waals surface area contributed by atoms with Crippen LogP contribution < -0.4 is 25.4 Å². The summed E-state index contributed by atoms with van der Waals surface area (Å²) in [6, 6.07) is 5.21. The smallest absolute Gasteiger partial charge is 0.243 e. The molecule has 42 heavy (non-hydrogen) atoms. The van der Waals surface area contributed by atoms with Gasteiger partial charge < -0.3 is 34.9 Å². The number of aromatic nitrogens is 2. The van der Waals surface area contributed by atoms with E-state index < -0.39 is 0 Å². The van der Waals surface area contributed by atoms with E-state index in [1.54, 1.807) is 12.3 Å². The summed E-state index contributed by atoms with van der Waals surface area (Å²) >= 11 is 13.5. The van der Waals surface area contributed by atoms with Crippen LogP contribution in [0.1, 0.15) is 19.3 Å². The van der Waals surface area contributed by atoms with Gasteiger partial charge in [-0.15, -0.1) is 0 Å². The third kappa shape index (κ3) is 6.67. The average molecular weight is 617 g/mol. The van der Waals surface area contributed by atoms with Gasteiger partial charge in [-0.3, -0.25) is 4.79 Å².